The summed E-state index contributed by atoms with van der Waals surface area (Å²) in [6.07, 6.45) is 0.843. The number of rotatable bonds is 10. The molecule has 8 nitrogen and oxygen atoms in total. The summed E-state index contributed by atoms with van der Waals surface area (Å²) in [6.45, 7) is 1.25. The molecule has 4 rings (SSSR count). The molecule has 176 valence electrons. The van der Waals surface area contributed by atoms with Crippen LogP contribution in [0.2, 0.25) is 0 Å². The maximum Gasteiger partial charge on any atom is 0.256 e. The molecule has 0 fully saturated rings. The van der Waals surface area contributed by atoms with Gasteiger partial charge >= 0.3 is 0 Å². The molecule has 0 aliphatic carbocycles. The van der Waals surface area contributed by atoms with Crippen molar-refractivity contribution in [1.29, 1.82) is 0 Å². The van der Waals surface area contributed by atoms with E-state index in [0.29, 0.717) is 53.6 Å². The van der Waals surface area contributed by atoms with Crippen LogP contribution in [0.25, 0.3) is 11.6 Å². The summed E-state index contributed by atoms with van der Waals surface area (Å²) >= 11 is 0. The van der Waals surface area contributed by atoms with Crippen LogP contribution in [0, 0.1) is 0 Å². The Morgan fingerprint density at radius 2 is 1.76 bits per heavy atom. The van der Waals surface area contributed by atoms with Gasteiger partial charge in [0.05, 0.1) is 16.8 Å². The topological polar surface area (TPSA) is 120 Å². The molecule has 5 N–H and O–H groups in total. The Labute approximate surface area is 197 Å². The smallest absolute Gasteiger partial charge is 0.256 e. The summed E-state index contributed by atoms with van der Waals surface area (Å²) in [5, 5.41) is 35.6. The van der Waals surface area contributed by atoms with Crippen molar-refractivity contribution in [2.24, 2.45) is 0 Å². The zero-order chi connectivity index (χ0) is 23.9. The lowest BCUT2D eigenvalue weighted by Crippen LogP contribution is -2.33. The summed E-state index contributed by atoms with van der Waals surface area (Å²) in [5.41, 5.74) is 2.11. The lowest BCUT2D eigenvalue weighted by molar-refractivity contribution is -0.110. The first kappa shape index (κ1) is 23.2. The highest BCUT2D eigenvalue weighted by Gasteiger charge is 2.28. The van der Waals surface area contributed by atoms with E-state index in [1.165, 1.54) is 0 Å². The molecule has 1 atom stereocenters. The zero-order valence-electron chi connectivity index (χ0n) is 18.4. The lowest BCUT2D eigenvalue weighted by atomic mass is 10.0. The van der Waals surface area contributed by atoms with Gasteiger partial charge in [-0.15, -0.1) is 0 Å². The van der Waals surface area contributed by atoms with Crippen LogP contribution in [0.1, 0.15) is 11.1 Å². The van der Waals surface area contributed by atoms with Gasteiger partial charge in [-0.2, -0.15) is 0 Å². The van der Waals surface area contributed by atoms with Gasteiger partial charge in [-0.3, -0.25) is 4.79 Å². The van der Waals surface area contributed by atoms with Gasteiger partial charge in [-0.1, -0.05) is 24.3 Å². The fourth-order valence-electron chi connectivity index (χ4n) is 3.54. The van der Waals surface area contributed by atoms with E-state index in [0.717, 1.165) is 0 Å². The number of fused-ring (bicyclic) bond motifs is 1. The number of anilines is 1. The molecule has 0 saturated carbocycles. The maximum atomic E-state index is 12.6. The number of phenolic OH excluding ortho intramolecular Hbond substituents is 2. The zero-order valence-corrected chi connectivity index (χ0v) is 18.4. The quantitative estimate of drug-likeness (QED) is 0.232. The first-order valence-electron chi connectivity index (χ1n) is 10.9. The molecule has 0 radical (unpaired) electrons. The maximum absolute atomic E-state index is 12.6. The second kappa shape index (κ2) is 10.7. The highest BCUT2D eigenvalue weighted by molar-refractivity contribution is 6.35. The van der Waals surface area contributed by atoms with E-state index in [4.69, 9.17) is 9.47 Å². The first-order valence-corrected chi connectivity index (χ1v) is 10.9. The number of aliphatic hydroxyl groups excluding tert-OH is 1. The number of benzene rings is 3. The third-order valence-corrected chi connectivity index (χ3v) is 5.22. The fraction of sp³-hybridized carbons (Fsp3) is 0.192. The molecule has 1 aliphatic heterocycles. The molecule has 8 heteroatoms. The highest BCUT2D eigenvalue weighted by Crippen LogP contribution is 2.40. The SMILES string of the molecule is O=C1Nc2cccc(OCC(O)CNCCOc3ccc(O)cc3)c2/C1=C/c1ccccc1O. The van der Waals surface area contributed by atoms with Crippen molar-refractivity contribution >= 4 is 23.2 Å². The number of nitrogens with one attached hydrogen (secondary N) is 2. The first-order chi connectivity index (χ1) is 16.5. The van der Waals surface area contributed by atoms with E-state index in [2.05, 4.69) is 10.6 Å². The van der Waals surface area contributed by atoms with Gasteiger partial charge in [0.2, 0.25) is 0 Å². The van der Waals surface area contributed by atoms with Crippen molar-refractivity contribution in [1.82, 2.24) is 5.32 Å². The average Bonchev–Trinajstić information content (AvgIpc) is 3.15. The highest BCUT2D eigenvalue weighted by atomic mass is 16.5. The van der Waals surface area contributed by atoms with E-state index in [1.54, 1.807) is 72.8 Å². The molecule has 0 spiro atoms. The molecule has 3 aromatic rings. The third kappa shape index (κ3) is 5.67. The second-order valence-electron chi connectivity index (χ2n) is 7.76. The molecule has 0 bridgehead atoms. The predicted molar refractivity (Wildman–Crippen MR) is 129 cm³/mol. The Bertz CT molecular complexity index is 1180. The van der Waals surface area contributed by atoms with Gasteiger partial charge in [0.25, 0.3) is 5.91 Å². The van der Waals surface area contributed by atoms with Crippen molar-refractivity contribution in [2.45, 2.75) is 6.10 Å². The normalized spacial score (nSPS) is 14.5. The number of aliphatic hydroxyl groups is 1. The van der Waals surface area contributed by atoms with Crippen molar-refractivity contribution in [3.05, 3.63) is 77.9 Å². The number of aromatic hydroxyl groups is 2. The van der Waals surface area contributed by atoms with Crippen LogP contribution in [0.4, 0.5) is 5.69 Å². The van der Waals surface area contributed by atoms with E-state index >= 15 is 0 Å². The average molecular weight is 463 g/mol. The van der Waals surface area contributed by atoms with Gasteiger partial charge in [0, 0.05) is 18.7 Å². The fourth-order valence-corrected chi connectivity index (χ4v) is 3.54. The van der Waals surface area contributed by atoms with E-state index in [9.17, 15) is 20.1 Å². The van der Waals surface area contributed by atoms with Crippen molar-refractivity contribution in [3.63, 3.8) is 0 Å². The lowest BCUT2D eigenvalue weighted by Gasteiger charge is -2.15. The van der Waals surface area contributed by atoms with Gasteiger partial charge in [0.15, 0.2) is 0 Å². The largest absolute Gasteiger partial charge is 0.508 e. The predicted octanol–water partition coefficient (Wildman–Crippen LogP) is 3.00. The number of hydrogen-bond donors (Lipinski definition) is 5. The molecule has 1 aliphatic rings. The summed E-state index contributed by atoms with van der Waals surface area (Å²) in [4.78, 5) is 12.6. The van der Waals surface area contributed by atoms with E-state index < -0.39 is 6.10 Å². The number of phenols is 2. The second-order valence-corrected chi connectivity index (χ2v) is 7.76. The van der Waals surface area contributed by atoms with Crippen LogP contribution >= 0.6 is 0 Å². The summed E-state index contributed by atoms with van der Waals surface area (Å²) in [6, 6.07) is 18.5. The minimum absolute atomic E-state index is 0.0281. The molecular formula is C26H26N2O6. The molecule has 0 saturated heterocycles. The van der Waals surface area contributed by atoms with Gasteiger partial charge < -0.3 is 35.4 Å². The van der Waals surface area contributed by atoms with Crippen molar-refractivity contribution in [2.75, 3.05) is 31.6 Å². The Kier molecular flexibility index (Phi) is 7.31. The third-order valence-electron chi connectivity index (χ3n) is 5.22. The minimum atomic E-state index is -0.778. The number of ether oxygens (including phenoxy) is 2. The van der Waals surface area contributed by atoms with Crippen LogP contribution in [0.5, 0.6) is 23.0 Å². The van der Waals surface area contributed by atoms with E-state index in [-0.39, 0.29) is 24.0 Å². The molecule has 1 heterocycles. The Morgan fingerprint density at radius 1 is 0.971 bits per heavy atom. The number of carbonyl (C=O) groups excluding carboxylic acids is 1. The Balaban J connectivity index is 1.32. The molecule has 1 unspecified atom stereocenters. The number of carbonyl (C=O) groups is 1. The van der Waals surface area contributed by atoms with Crippen LogP contribution < -0.4 is 20.1 Å². The summed E-state index contributed by atoms with van der Waals surface area (Å²) < 4.78 is 11.4. The van der Waals surface area contributed by atoms with Crippen molar-refractivity contribution in [3.8, 4) is 23.0 Å². The molecule has 34 heavy (non-hydrogen) atoms. The molecule has 0 aromatic heterocycles. The van der Waals surface area contributed by atoms with Crippen LogP contribution in [-0.4, -0.2) is 53.6 Å². The van der Waals surface area contributed by atoms with Crippen molar-refractivity contribution < 1.29 is 29.6 Å². The summed E-state index contributed by atoms with van der Waals surface area (Å²) in [5.74, 6) is 1.08. The Hall–Kier alpha value is -4.01. The Morgan fingerprint density at radius 3 is 2.56 bits per heavy atom. The van der Waals surface area contributed by atoms with Crippen LogP contribution in [-0.2, 0) is 4.79 Å². The standard InChI is InChI=1S/C26H26N2O6/c29-18-8-10-20(11-9-18)33-13-12-27-15-19(30)16-34-24-7-3-5-22-25(24)21(26(32)28-22)14-17-4-1-2-6-23(17)31/h1-11,14,19,27,29-31H,12-13,15-16H2,(H,28,32)/b21-14-. The van der Waals surface area contributed by atoms with Crippen LogP contribution in [0.3, 0.4) is 0 Å². The molecular weight excluding hydrogens is 436 g/mol. The number of amides is 1. The molecule has 3 aromatic carbocycles. The summed E-state index contributed by atoms with van der Waals surface area (Å²) in [7, 11) is 0. The number of hydrogen-bond acceptors (Lipinski definition) is 7. The van der Waals surface area contributed by atoms with Gasteiger partial charge in [-0.05, 0) is 48.5 Å². The monoisotopic (exact) mass is 462 g/mol. The van der Waals surface area contributed by atoms with Gasteiger partial charge in [0.1, 0.15) is 42.3 Å². The van der Waals surface area contributed by atoms with Crippen LogP contribution in [0.15, 0.2) is 66.7 Å². The number of para-hydroxylation sites is 1. The van der Waals surface area contributed by atoms with Gasteiger partial charge in [-0.25, -0.2) is 0 Å². The van der Waals surface area contributed by atoms with E-state index in [1.807, 2.05) is 0 Å². The minimum Gasteiger partial charge on any atom is -0.508 e. The molecule has 1 amide bonds.